The summed E-state index contributed by atoms with van der Waals surface area (Å²) in [4.78, 5) is 11.7. The maximum absolute atomic E-state index is 13.8. The highest BCUT2D eigenvalue weighted by Crippen LogP contribution is 2.34. The first-order valence-corrected chi connectivity index (χ1v) is 8.53. The van der Waals surface area contributed by atoms with Crippen molar-refractivity contribution >= 4 is 32.6 Å². The molecule has 0 saturated heterocycles. The molecule has 0 aliphatic carbocycles. The Balaban J connectivity index is 1.85. The van der Waals surface area contributed by atoms with Crippen LogP contribution in [0.5, 0.6) is 5.95 Å². The largest absolute Gasteiger partial charge is 0.479 e. The summed E-state index contributed by atoms with van der Waals surface area (Å²) < 4.78 is 20.6. The van der Waals surface area contributed by atoms with E-state index in [0.29, 0.717) is 22.8 Å². The number of rotatable bonds is 2. The van der Waals surface area contributed by atoms with E-state index in [9.17, 15) is 14.3 Å². The average molecular weight is 359 g/mol. The average Bonchev–Trinajstić information content (AvgIpc) is 2.95. The maximum Gasteiger partial charge on any atom is 0.339 e. The van der Waals surface area contributed by atoms with Crippen LogP contribution in [-0.2, 0) is 6.54 Å². The predicted molar refractivity (Wildman–Crippen MR) is 103 cm³/mol. The summed E-state index contributed by atoms with van der Waals surface area (Å²) in [5.74, 6) is -0.867. The van der Waals surface area contributed by atoms with Crippen molar-refractivity contribution < 1.29 is 13.9 Å². The molecular weight excluding hydrogens is 345 g/mol. The van der Waals surface area contributed by atoms with Crippen LogP contribution in [0, 0.1) is 5.82 Å². The van der Waals surface area contributed by atoms with Crippen molar-refractivity contribution in [2.24, 2.45) is 0 Å². The lowest BCUT2D eigenvalue weighted by atomic mass is 10.0. The monoisotopic (exact) mass is 359 g/mol. The van der Waals surface area contributed by atoms with Gasteiger partial charge in [-0.15, -0.1) is 0 Å². The molecule has 0 aliphatic rings. The Morgan fingerprint density at radius 2 is 1.74 bits per heavy atom. The minimum Gasteiger partial charge on any atom is -0.479 e. The van der Waals surface area contributed by atoms with E-state index in [2.05, 4.69) is 0 Å². The van der Waals surface area contributed by atoms with Gasteiger partial charge in [-0.25, -0.2) is 9.18 Å². The van der Waals surface area contributed by atoms with Gasteiger partial charge in [0.2, 0.25) is 0 Å². The molecule has 0 spiro atoms. The number of benzene rings is 3. The molecule has 27 heavy (non-hydrogen) atoms. The Bertz CT molecular complexity index is 1390. The number of hydrogen-bond donors (Lipinski definition) is 1. The van der Waals surface area contributed by atoms with Gasteiger partial charge in [0.1, 0.15) is 11.3 Å². The minimum atomic E-state index is -0.673. The molecule has 0 unspecified atom stereocenters. The minimum absolute atomic E-state index is 0.378. The Morgan fingerprint density at radius 1 is 0.926 bits per heavy atom. The van der Waals surface area contributed by atoms with Crippen LogP contribution in [0.4, 0.5) is 4.39 Å². The van der Waals surface area contributed by atoms with E-state index in [0.717, 1.165) is 21.9 Å². The molecule has 2 aromatic heterocycles. The van der Waals surface area contributed by atoms with Gasteiger partial charge in [-0.3, -0.25) is 0 Å². The summed E-state index contributed by atoms with van der Waals surface area (Å²) in [6.07, 6.45) is 0. The Morgan fingerprint density at radius 3 is 2.63 bits per heavy atom. The Labute approximate surface area is 152 Å². The zero-order chi connectivity index (χ0) is 18.5. The molecule has 0 amide bonds. The summed E-state index contributed by atoms with van der Waals surface area (Å²) in [6, 6.07) is 19.7. The van der Waals surface area contributed by atoms with Crippen LogP contribution in [0.2, 0.25) is 0 Å². The van der Waals surface area contributed by atoms with E-state index in [4.69, 9.17) is 4.42 Å². The van der Waals surface area contributed by atoms with Crippen molar-refractivity contribution in [1.82, 2.24) is 4.57 Å². The second kappa shape index (κ2) is 5.71. The third kappa shape index (κ3) is 2.39. The lowest BCUT2D eigenvalue weighted by Crippen LogP contribution is -2.02. The molecule has 5 rings (SSSR count). The van der Waals surface area contributed by atoms with Gasteiger partial charge in [0.25, 0.3) is 0 Å². The van der Waals surface area contributed by atoms with Crippen LogP contribution >= 0.6 is 0 Å². The molecule has 0 aliphatic heterocycles. The molecule has 3 aromatic carbocycles. The number of fused-ring (bicyclic) bond motifs is 4. The van der Waals surface area contributed by atoms with Crippen molar-refractivity contribution in [2.45, 2.75) is 6.54 Å². The molecule has 2 heterocycles. The second-order valence-corrected chi connectivity index (χ2v) is 6.52. The topological polar surface area (TPSA) is 55.4 Å². The highest BCUT2D eigenvalue weighted by atomic mass is 19.1. The van der Waals surface area contributed by atoms with E-state index >= 15 is 0 Å². The van der Waals surface area contributed by atoms with Crippen molar-refractivity contribution in [2.75, 3.05) is 0 Å². The van der Waals surface area contributed by atoms with E-state index in [-0.39, 0.29) is 0 Å². The molecule has 0 fully saturated rings. The van der Waals surface area contributed by atoms with Crippen LogP contribution in [0.25, 0.3) is 32.6 Å². The molecule has 1 N–H and O–H groups in total. The smallest absolute Gasteiger partial charge is 0.339 e. The van der Waals surface area contributed by atoms with Crippen LogP contribution in [0.1, 0.15) is 5.56 Å². The fourth-order valence-corrected chi connectivity index (χ4v) is 3.79. The molecule has 5 heteroatoms. The molecule has 0 bridgehead atoms. The fourth-order valence-electron chi connectivity index (χ4n) is 3.79. The highest BCUT2D eigenvalue weighted by Gasteiger charge is 2.18. The lowest BCUT2D eigenvalue weighted by Gasteiger charge is -2.11. The van der Waals surface area contributed by atoms with E-state index in [1.165, 1.54) is 18.2 Å². The standard InChI is InChI=1S/C22H14FNO3/c23-15-8-9-19-17(10-15)18-11-20(25)27-22(26)21(18)24(19)12-14-6-3-5-13-4-1-2-7-16(13)14/h1-11,26H,12H2. The Kier molecular flexibility index (Phi) is 3.31. The number of hydrogen-bond acceptors (Lipinski definition) is 3. The number of nitrogens with zero attached hydrogens (tertiary/aromatic N) is 1. The second-order valence-electron chi connectivity index (χ2n) is 6.52. The van der Waals surface area contributed by atoms with Crippen molar-refractivity contribution in [3.05, 3.63) is 88.5 Å². The van der Waals surface area contributed by atoms with Gasteiger partial charge in [0.05, 0.1) is 0 Å². The quantitative estimate of drug-likeness (QED) is 0.493. The zero-order valence-corrected chi connectivity index (χ0v) is 14.1. The number of halogens is 1. The molecular formula is C22H14FNO3. The van der Waals surface area contributed by atoms with Crippen molar-refractivity contribution in [3.8, 4) is 5.95 Å². The maximum atomic E-state index is 13.8. The highest BCUT2D eigenvalue weighted by molar-refractivity contribution is 6.09. The van der Waals surface area contributed by atoms with Crippen molar-refractivity contribution in [3.63, 3.8) is 0 Å². The van der Waals surface area contributed by atoms with E-state index in [1.54, 1.807) is 6.07 Å². The fraction of sp³-hybridized carbons (Fsp3) is 0.0455. The van der Waals surface area contributed by atoms with Crippen molar-refractivity contribution in [1.29, 1.82) is 0 Å². The predicted octanol–water partition coefficient (Wildman–Crippen LogP) is 4.79. The van der Waals surface area contributed by atoms with E-state index < -0.39 is 17.4 Å². The number of aromatic nitrogens is 1. The molecule has 4 nitrogen and oxygen atoms in total. The number of aromatic hydroxyl groups is 1. The summed E-state index contributed by atoms with van der Waals surface area (Å²) in [5, 5.41) is 13.5. The van der Waals surface area contributed by atoms with Crippen LogP contribution in [0.3, 0.4) is 0 Å². The third-order valence-corrected chi connectivity index (χ3v) is 4.94. The van der Waals surface area contributed by atoms with Gasteiger partial charge in [0, 0.05) is 28.9 Å². The zero-order valence-electron chi connectivity index (χ0n) is 14.1. The van der Waals surface area contributed by atoms with Crippen LogP contribution in [0.15, 0.2) is 75.9 Å². The Hall–Kier alpha value is -3.60. The van der Waals surface area contributed by atoms with Gasteiger partial charge < -0.3 is 14.1 Å². The van der Waals surface area contributed by atoms with Gasteiger partial charge >= 0.3 is 11.6 Å². The summed E-state index contributed by atoms with van der Waals surface area (Å²) in [7, 11) is 0. The van der Waals surface area contributed by atoms with Crippen LogP contribution < -0.4 is 5.63 Å². The lowest BCUT2D eigenvalue weighted by molar-refractivity contribution is 0.315. The van der Waals surface area contributed by atoms with Gasteiger partial charge in [-0.05, 0) is 34.5 Å². The first kappa shape index (κ1) is 15.6. The molecule has 5 aromatic rings. The molecule has 0 radical (unpaired) electrons. The first-order valence-electron chi connectivity index (χ1n) is 8.53. The van der Waals surface area contributed by atoms with Gasteiger partial charge in [-0.1, -0.05) is 42.5 Å². The summed E-state index contributed by atoms with van der Waals surface area (Å²) >= 11 is 0. The first-order chi connectivity index (χ1) is 13.1. The van der Waals surface area contributed by atoms with E-state index in [1.807, 2.05) is 47.0 Å². The SMILES string of the molecule is O=c1cc2c3cc(F)ccc3n(Cc3cccc4ccccc34)c2c(O)o1. The summed E-state index contributed by atoms with van der Waals surface area (Å²) in [6.45, 7) is 0.439. The molecule has 0 atom stereocenters. The van der Waals surface area contributed by atoms with Gasteiger partial charge in [0.15, 0.2) is 0 Å². The third-order valence-electron chi connectivity index (χ3n) is 4.94. The normalized spacial score (nSPS) is 11.6. The summed E-state index contributed by atoms with van der Waals surface area (Å²) in [5.41, 5.74) is 1.47. The van der Waals surface area contributed by atoms with Crippen LogP contribution in [-0.4, -0.2) is 9.67 Å². The molecule has 132 valence electrons. The van der Waals surface area contributed by atoms with Gasteiger partial charge in [-0.2, -0.15) is 0 Å². The molecule has 0 saturated carbocycles.